The Bertz CT molecular complexity index is 1400. The predicted octanol–water partition coefficient (Wildman–Crippen LogP) is 3.90. The van der Waals surface area contributed by atoms with E-state index in [1.54, 1.807) is 36.4 Å². The van der Waals surface area contributed by atoms with Gasteiger partial charge in [0.15, 0.2) is 17.6 Å². The lowest BCUT2D eigenvalue weighted by Crippen LogP contribution is -2.52. The molecular formula is C28H30N2O6S. The third kappa shape index (κ3) is 5.09. The number of benzene rings is 3. The van der Waals surface area contributed by atoms with Crippen LogP contribution in [0.1, 0.15) is 26.3 Å². The molecule has 0 spiro atoms. The highest BCUT2D eigenvalue weighted by Gasteiger charge is 2.38. The zero-order valence-electron chi connectivity index (χ0n) is 21.0. The molecule has 0 unspecified atom stereocenters. The van der Waals surface area contributed by atoms with Crippen LogP contribution in [0, 0.1) is 0 Å². The second kappa shape index (κ2) is 9.63. The molecule has 2 aliphatic rings. The smallest absolute Gasteiger partial charge is 0.264 e. The maximum Gasteiger partial charge on any atom is 0.264 e. The molecule has 0 fully saturated rings. The summed E-state index contributed by atoms with van der Waals surface area (Å²) in [7, 11) is -3.94. The summed E-state index contributed by atoms with van der Waals surface area (Å²) in [4.78, 5) is 13.3. The summed E-state index contributed by atoms with van der Waals surface area (Å²) in [5.41, 5.74) is 1.17. The topological polar surface area (TPSA) is 94.2 Å². The van der Waals surface area contributed by atoms with Gasteiger partial charge in [0.1, 0.15) is 18.5 Å². The number of ether oxygens (including phenoxy) is 3. The first kappa shape index (κ1) is 25.0. The van der Waals surface area contributed by atoms with Gasteiger partial charge in [-0.05, 0) is 47.4 Å². The van der Waals surface area contributed by atoms with Gasteiger partial charge in [0.2, 0.25) is 0 Å². The first-order chi connectivity index (χ1) is 17.6. The third-order valence-electron chi connectivity index (χ3n) is 6.39. The number of carbonyl (C=O) groups is 1. The lowest BCUT2D eigenvalue weighted by Gasteiger charge is -2.36. The molecule has 0 saturated carbocycles. The Morgan fingerprint density at radius 1 is 0.946 bits per heavy atom. The Labute approximate surface area is 217 Å². The van der Waals surface area contributed by atoms with Crippen molar-refractivity contribution in [1.29, 1.82) is 0 Å². The zero-order chi connectivity index (χ0) is 26.2. The Kier molecular flexibility index (Phi) is 6.49. The number of fused-ring (bicyclic) bond motifs is 2. The van der Waals surface area contributed by atoms with Crippen LogP contribution in [0.4, 0.5) is 5.69 Å². The average molecular weight is 523 g/mol. The first-order valence-corrected chi connectivity index (χ1v) is 13.6. The van der Waals surface area contributed by atoms with Crippen molar-refractivity contribution < 1.29 is 27.4 Å². The number of anilines is 1. The lowest BCUT2D eigenvalue weighted by molar-refractivity contribution is -0.128. The highest BCUT2D eigenvalue weighted by Crippen LogP contribution is 2.40. The Balaban J connectivity index is 1.38. The molecule has 9 heteroatoms. The lowest BCUT2D eigenvalue weighted by atomic mass is 9.86. The molecule has 0 saturated heterocycles. The highest BCUT2D eigenvalue weighted by atomic mass is 32.2. The van der Waals surface area contributed by atoms with Crippen LogP contribution in [0.15, 0.2) is 77.7 Å². The van der Waals surface area contributed by atoms with Gasteiger partial charge in [-0.25, -0.2) is 8.42 Å². The van der Waals surface area contributed by atoms with Crippen molar-refractivity contribution in [3.8, 4) is 17.2 Å². The van der Waals surface area contributed by atoms with Gasteiger partial charge in [-0.15, -0.1) is 0 Å². The molecule has 1 amide bonds. The summed E-state index contributed by atoms with van der Waals surface area (Å²) in [6, 6.07) is 21.0. The van der Waals surface area contributed by atoms with E-state index in [-0.39, 0.29) is 36.1 Å². The Hall–Kier alpha value is -3.72. The monoisotopic (exact) mass is 522 g/mol. The van der Waals surface area contributed by atoms with E-state index in [1.807, 2.05) is 36.4 Å². The quantitative estimate of drug-likeness (QED) is 0.546. The standard InChI is InChI=1S/C28H30N2O6S/c1-28(2,3)19-13-14-23-22(15-19)30(37(32,33)21-9-5-4-6-10-21)17-26(36-23)27(31)29-16-20-18-34-24-11-7-8-12-25(24)35-20/h4-15,20,26H,16-18H2,1-3H3,(H,29,31)/t20-,26+/m0/s1. The number of amides is 1. The van der Waals surface area contributed by atoms with Crippen molar-refractivity contribution in [3.05, 3.63) is 78.4 Å². The van der Waals surface area contributed by atoms with E-state index in [0.29, 0.717) is 22.9 Å². The molecule has 194 valence electrons. The number of nitrogens with one attached hydrogen (secondary N) is 1. The van der Waals surface area contributed by atoms with Crippen molar-refractivity contribution in [2.45, 2.75) is 43.3 Å². The molecule has 0 aromatic heterocycles. The first-order valence-electron chi connectivity index (χ1n) is 12.2. The molecule has 8 nitrogen and oxygen atoms in total. The van der Waals surface area contributed by atoms with Gasteiger partial charge in [0, 0.05) is 0 Å². The summed E-state index contributed by atoms with van der Waals surface area (Å²) in [6.07, 6.45) is -1.42. The summed E-state index contributed by atoms with van der Waals surface area (Å²) in [6.45, 7) is 6.49. The Morgan fingerprint density at radius 2 is 1.65 bits per heavy atom. The van der Waals surface area contributed by atoms with Crippen molar-refractivity contribution in [2.24, 2.45) is 0 Å². The Morgan fingerprint density at radius 3 is 2.38 bits per heavy atom. The average Bonchev–Trinajstić information content (AvgIpc) is 2.90. The van der Waals surface area contributed by atoms with Gasteiger partial charge in [0.05, 0.1) is 23.7 Å². The van der Waals surface area contributed by atoms with E-state index in [0.717, 1.165) is 5.56 Å². The number of carbonyl (C=O) groups excluding carboxylic acids is 1. The van der Waals surface area contributed by atoms with Gasteiger partial charge < -0.3 is 19.5 Å². The molecule has 2 heterocycles. The maximum absolute atomic E-state index is 13.7. The van der Waals surface area contributed by atoms with Crippen LogP contribution in [0.2, 0.25) is 0 Å². The van der Waals surface area contributed by atoms with Crippen molar-refractivity contribution in [2.75, 3.05) is 24.0 Å². The fourth-order valence-corrected chi connectivity index (χ4v) is 5.78. The molecule has 0 bridgehead atoms. The number of rotatable bonds is 5. The van der Waals surface area contributed by atoms with Crippen LogP contribution >= 0.6 is 0 Å². The fourth-order valence-electron chi connectivity index (χ4n) is 4.29. The van der Waals surface area contributed by atoms with Gasteiger partial charge in [0.25, 0.3) is 15.9 Å². The van der Waals surface area contributed by atoms with Gasteiger partial charge in [-0.1, -0.05) is 57.2 Å². The molecule has 0 aliphatic carbocycles. The van der Waals surface area contributed by atoms with E-state index < -0.39 is 22.0 Å². The fraction of sp³-hybridized carbons (Fsp3) is 0.321. The largest absolute Gasteiger partial charge is 0.486 e. The molecule has 3 aromatic rings. The van der Waals surface area contributed by atoms with E-state index >= 15 is 0 Å². The highest BCUT2D eigenvalue weighted by molar-refractivity contribution is 7.92. The second-order valence-corrected chi connectivity index (χ2v) is 12.0. The number of sulfonamides is 1. The summed E-state index contributed by atoms with van der Waals surface area (Å²) >= 11 is 0. The predicted molar refractivity (Wildman–Crippen MR) is 140 cm³/mol. The third-order valence-corrected chi connectivity index (χ3v) is 8.18. The van der Waals surface area contributed by atoms with E-state index in [9.17, 15) is 13.2 Å². The molecule has 0 radical (unpaired) electrons. The van der Waals surface area contributed by atoms with E-state index in [4.69, 9.17) is 14.2 Å². The normalized spacial score (nSPS) is 18.9. The van der Waals surface area contributed by atoms with Gasteiger partial charge in [-0.2, -0.15) is 0 Å². The van der Waals surface area contributed by atoms with E-state index in [1.165, 1.54) is 4.31 Å². The molecule has 37 heavy (non-hydrogen) atoms. The molecular weight excluding hydrogens is 492 g/mol. The summed E-state index contributed by atoms with van der Waals surface area (Å²) in [5, 5.41) is 2.84. The minimum Gasteiger partial charge on any atom is -0.486 e. The minimum absolute atomic E-state index is 0.148. The SMILES string of the molecule is CC(C)(C)c1ccc2c(c1)N(S(=O)(=O)c1ccccc1)C[C@H](C(=O)NC[C@H]1COc3ccccc3O1)O2. The maximum atomic E-state index is 13.7. The van der Waals surface area contributed by atoms with Crippen LogP contribution in [0.3, 0.4) is 0 Å². The molecule has 3 aromatic carbocycles. The number of para-hydroxylation sites is 2. The zero-order valence-corrected chi connectivity index (χ0v) is 21.8. The van der Waals surface area contributed by atoms with Gasteiger partial charge in [-0.3, -0.25) is 9.10 Å². The van der Waals surface area contributed by atoms with Crippen LogP contribution in [-0.2, 0) is 20.2 Å². The number of nitrogens with zero attached hydrogens (tertiary/aromatic N) is 1. The van der Waals surface area contributed by atoms with Crippen molar-refractivity contribution in [1.82, 2.24) is 5.32 Å². The summed E-state index contributed by atoms with van der Waals surface area (Å²) < 4.78 is 46.3. The van der Waals surface area contributed by atoms with Crippen molar-refractivity contribution >= 4 is 21.6 Å². The van der Waals surface area contributed by atoms with Crippen LogP contribution in [0.5, 0.6) is 17.2 Å². The van der Waals surface area contributed by atoms with Crippen LogP contribution in [-0.4, -0.2) is 46.2 Å². The molecule has 5 rings (SSSR count). The van der Waals surface area contributed by atoms with Gasteiger partial charge >= 0.3 is 0 Å². The van der Waals surface area contributed by atoms with E-state index in [2.05, 4.69) is 26.1 Å². The van der Waals surface area contributed by atoms with Crippen LogP contribution < -0.4 is 23.8 Å². The van der Waals surface area contributed by atoms with Crippen molar-refractivity contribution in [3.63, 3.8) is 0 Å². The summed E-state index contributed by atoms with van der Waals surface area (Å²) in [5.74, 6) is 1.19. The molecule has 1 N–H and O–H groups in total. The molecule has 2 aliphatic heterocycles. The number of hydrogen-bond donors (Lipinski definition) is 1. The molecule has 2 atom stereocenters. The number of hydrogen-bond acceptors (Lipinski definition) is 6. The minimum atomic E-state index is -3.94. The van der Waals surface area contributed by atoms with Crippen LogP contribution in [0.25, 0.3) is 0 Å². The second-order valence-electron chi connectivity index (χ2n) is 10.1.